The third-order valence-corrected chi connectivity index (χ3v) is 3.92. The van der Waals surface area contributed by atoms with Crippen molar-refractivity contribution in [3.63, 3.8) is 0 Å². The average molecular weight is 295 g/mol. The van der Waals surface area contributed by atoms with Crippen molar-refractivity contribution in [2.45, 2.75) is 12.8 Å². The number of nitrogens with two attached hydrogens (primary N) is 1. The van der Waals surface area contributed by atoms with Gasteiger partial charge in [0.25, 0.3) is 0 Å². The van der Waals surface area contributed by atoms with Crippen LogP contribution in [0.1, 0.15) is 18.4 Å². The second-order valence-corrected chi connectivity index (χ2v) is 5.34. The van der Waals surface area contributed by atoms with Gasteiger partial charge in [0.05, 0.1) is 0 Å². The summed E-state index contributed by atoms with van der Waals surface area (Å²) in [5.74, 6) is -0.264. The maximum absolute atomic E-state index is 13.9. The van der Waals surface area contributed by atoms with Gasteiger partial charge in [-0.25, -0.2) is 4.39 Å². The molecule has 1 aliphatic heterocycles. The van der Waals surface area contributed by atoms with Crippen LogP contribution in [0.2, 0.25) is 0 Å². The molecule has 0 radical (unpaired) electrons. The zero-order valence-corrected chi connectivity index (χ0v) is 12.2. The van der Waals surface area contributed by atoms with Crippen LogP contribution < -0.4 is 16.0 Å². The fraction of sp³-hybridized carbons (Fsp3) is 0.429. The number of nitrogens with one attached hydrogen (secondary N) is 1. The molecule has 1 amide bonds. The first-order valence-electron chi connectivity index (χ1n) is 6.59. The predicted molar refractivity (Wildman–Crippen MR) is 81.3 cm³/mol. The average Bonchev–Trinajstić information content (AvgIpc) is 2.46. The maximum Gasteiger partial charge on any atom is 0.222 e. The standard InChI is InChI=1S/C14H18FN3OS/c1-17-14(19)9-4-6-18(7-5-9)10-2-3-11(13(16)20)12(15)8-10/h2-3,8-9H,4-7H2,1H3,(H2,16,20)(H,17,19). The summed E-state index contributed by atoms with van der Waals surface area (Å²) in [7, 11) is 1.65. The summed E-state index contributed by atoms with van der Waals surface area (Å²) in [5.41, 5.74) is 6.51. The Morgan fingerprint density at radius 1 is 1.45 bits per heavy atom. The molecule has 1 aliphatic rings. The van der Waals surface area contributed by atoms with Crippen LogP contribution in [0.4, 0.5) is 10.1 Å². The number of amides is 1. The van der Waals surface area contributed by atoms with Gasteiger partial charge in [-0.2, -0.15) is 0 Å². The molecule has 2 rings (SSSR count). The molecule has 3 N–H and O–H groups in total. The lowest BCUT2D eigenvalue weighted by Crippen LogP contribution is -2.39. The van der Waals surface area contributed by atoms with E-state index in [4.69, 9.17) is 18.0 Å². The van der Waals surface area contributed by atoms with E-state index in [1.165, 1.54) is 6.07 Å². The normalized spacial score (nSPS) is 16.0. The molecule has 6 heteroatoms. The molecule has 4 nitrogen and oxygen atoms in total. The van der Waals surface area contributed by atoms with Gasteiger partial charge in [0.15, 0.2) is 0 Å². The molecule has 20 heavy (non-hydrogen) atoms. The van der Waals surface area contributed by atoms with E-state index in [9.17, 15) is 9.18 Å². The van der Waals surface area contributed by atoms with E-state index in [-0.39, 0.29) is 22.4 Å². The first-order chi connectivity index (χ1) is 9.52. The van der Waals surface area contributed by atoms with Crippen LogP contribution in [0.3, 0.4) is 0 Å². The van der Waals surface area contributed by atoms with Gasteiger partial charge in [-0.1, -0.05) is 12.2 Å². The fourth-order valence-corrected chi connectivity index (χ4v) is 2.67. The molecule has 0 unspecified atom stereocenters. The summed E-state index contributed by atoms with van der Waals surface area (Å²) in [4.78, 5) is 13.7. The van der Waals surface area contributed by atoms with E-state index in [1.807, 2.05) is 6.07 Å². The Morgan fingerprint density at radius 3 is 2.60 bits per heavy atom. The summed E-state index contributed by atoms with van der Waals surface area (Å²) >= 11 is 4.79. The Kier molecular flexibility index (Phi) is 4.54. The topological polar surface area (TPSA) is 58.4 Å². The van der Waals surface area contributed by atoms with Crippen molar-refractivity contribution in [3.05, 3.63) is 29.6 Å². The zero-order chi connectivity index (χ0) is 14.7. The van der Waals surface area contributed by atoms with Crippen molar-refractivity contribution < 1.29 is 9.18 Å². The molecule has 1 saturated heterocycles. The molecule has 0 spiro atoms. The van der Waals surface area contributed by atoms with Crippen molar-refractivity contribution >= 4 is 28.8 Å². The van der Waals surface area contributed by atoms with E-state index in [0.717, 1.165) is 31.6 Å². The highest BCUT2D eigenvalue weighted by Gasteiger charge is 2.24. The number of nitrogens with zero attached hydrogens (tertiary/aromatic N) is 1. The molecular weight excluding hydrogens is 277 g/mol. The molecule has 1 fully saturated rings. The summed E-state index contributed by atoms with van der Waals surface area (Å²) in [5, 5.41) is 2.67. The first-order valence-corrected chi connectivity index (χ1v) is 6.99. The number of thiocarbonyl (C=S) groups is 1. The van der Waals surface area contributed by atoms with Crippen LogP contribution in [0, 0.1) is 11.7 Å². The highest BCUT2D eigenvalue weighted by molar-refractivity contribution is 7.80. The number of hydrogen-bond acceptors (Lipinski definition) is 3. The number of halogens is 1. The van der Waals surface area contributed by atoms with Crippen molar-refractivity contribution in [2.24, 2.45) is 11.7 Å². The van der Waals surface area contributed by atoms with Gasteiger partial charge in [-0.3, -0.25) is 4.79 Å². The minimum atomic E-state index is -0.400. The molecular formula is C14H18FN3OS. The van der Waals surface area contributed by atoms with Crippen LogP contribution in [0.15, 0.2) is 18.2 Å². The van der Waals surface area contributed by atoms with Gasteiger partial charge in [0.2, 0.25) is 5.91 Å². The lowest BCUT2D eigenvalue weighted by molar-refractivity contribution is -0.125. The van der Waals surface area contributed by atoms with Crippen molar-refractivity contribution in [2.75, 3.05) is 25.0 Å². The summed E-state index contributed by atoms with van der Waals surface area (Å²) < 4.78 is 13.9. The highest BCUT2D eigenvalue weighted by Crippen LogP contribution is 2.25. The van der Waals surface area contributed by atoms with E-state index >= 15 is 0 Å². The minimum absolute atomic E-state index is 0.0528. The molecule has 1 aromatic carbocycles. The number of carbonyl (C=O) groups is 1. The van der Waals surface area contributed by atoms with Crippen molar-refractivity contribution in [3.8, 4) is 0 Å². The Hall–Kier alpha value is -1.69. The second kappa shape index (κ2) is 6.17. The number of anilines is 1. The SMILES string of the molecule is CNC(=O)C1CCN(c2ccc(C(N)=S)c(F)c2)CC1. The van der Waals surface area contributed by atoms with Crippen LogP contribution in [-0.2, 0) is 4.79 Å². The molecule has 0 aromatic heterocycles. The Bertz CT molecular complexity index is 527. The number of rotatable bonds is 3. The minimum Gasteiger partial charge on any atom is -0.389 e. The largest absolute Gasteiger partial charge is 0.389 e. The third-order valence-electron chi connectivity index (χ3n) is 3.70. The Morgan fingerprint density at radius 2 is 2.10 bits per heavy atom. The van der Waals surface area contributed by atoms with E-state index in [0.29, 0.717) is 0 Å². The van der Waals surface area contributed by atoms with Gasteiger partial charge in [0.1, 0.15) is 10.8 Å². The first kappa shape index (κ1) is 14.7. The molecule has 0 saturated carbocycles. The maximum atomic E-state index is 13.9. The van der Waals surface area contributed by atoms with Gasteiger partial charge >= 0.3 is 0 Å². The summed E-state index contributed by atoms with van der Waals surface area (Å²) in [6.45, 7) is 1.48. The summed E-state index contributed by atoms with van der Waals surface area (Å²) in [6, 6.07) is 4.88. The van der Waals surface area contributed by atoms with E-state index in [2.05, 4.69) is 10.2 Å². The highest BCUT2D eigenvalue weighted by atomic mass is 32.1. The fourth-order valence-electron chi connectivity index (χ4n) is 2.50. The third kappa shape index (κ3) is 3.07. The van der Waals surface area contributed by atoms with Crippen molar-refractivity contribution in [1.29, 1.82) is 0 Å². The zero-order valence-electron chi connectivity index (χ0n) is 11.4. The molecule has 108 valence electrons. The van der Waals surface area contributed by atoms with Gasteiger partial charge in [-0.15, -0.1) is 0 Å². The lowest BCUT2D eigenvalue weighted by Gasteiger charge is -2.33. The number of carbonyl (C=O) groups excluding carboxylic acids is 1. The van der Waals surface area contributed by atoms with Gasteiger partial charge < -0.3 is 16.0 Å². The molecule has 1 heterocycles. The van der Waals surface area contributed by atoms with Crippen LogP contribution >= 0.6 is 12.2 Å². The van der Waals surface area contributed by atoms with Gasteiger partial charge in [-0.05, 0) is 31.0 Å². The Labute approximate surface area is 123 Å². The predicted octanol–water partition coefficient (Wildman–Crippen LogP) is 1.42. The smallest absolute Gasteiger partial charge is 0.222 e. The van der Waals surface area contributed by atoms with E-state index in [1.54, 1.807) is 13.1 Å². The number of benzene rings is 1. The molecule has 0 aliphatic carbocycles. The van der Waals surface area contributed by atoms with Crippen molar-refractivity contribution in [1.82, 2.24) is 5.32 Å². The second-order valence-electron chi connectivity index (χ2n) is 4.90. The Balaban J connectivity index is 2.06. The number of hydrogen-bond donors (Lipinski definition) is 2. The molecule has 0 bridgehead atoms. The molecule has 0 atom stereocenters. The monoisotopic (exact) mass is 295 g/mol. The quantitative estimate of drug-likeness (QED) is 0.828. The number of piperidine rings is 1. The van der Waals surface area contributed by atoms with Crippen LogP contribution in [0.25, 0.3) is 0 Å². The van der Waals surface area contributed by atoms with Gasteiger partial charge in [0, 0.05) is 37.3 Å². The van der Waals surface area contributed by atoms with Crippen LogP contribution in [0.5, 0.6) is 0 Å². The van der Waals surface area contributed by atoms with Crippen LogP contribution in [-0.4, -0.2) is 31.0 Å². The summed E-state index contributed by atoms with van der Waals surface area (Å²) in [6.07, 6.45) is 1.55. The molecule has 1 aromatic rings. The van der Waals surface area contributed by atoms with E-state index < -0.39 is 5.82 Å². The lowest BCUT2D eigenvalue weighted by atomic mass is 9.95.